The van der Waals surface area contributed by atoms with Gasteiger partial charge in [0.1, 0.15) is 0 Å². The number of morpholine rings is 1. The summed E-state index contributed by atoms with van der Waals surface area (Å²) in [6, 6.07) is 11.5. The predicted octanol–water partition coefficient (Wildman–Crippen LogP) is 3.03. The second-order valence-corrected chi connectivity index (χ2v) is 7.87. The molecule has 25 heavy (non-hydrogen) atoms. The Morgan fingerprint density at radius 1 is 1.12 bits per heavy atom. The van der Waals surface area contributed by atoms with Gasteiger partial charge in [0, 0.05) is 18.5 Å². The van der Waals surface area contributed by atoms with Crippen molar-refractivity contribution < 1.29 is 9.53 Å². The van der Waals surface area contributed by atoms with Gasteiger partial charge in [0.05, 0.1) is 25.3 Å². The first-order valence-electron chi connectivity index (χ1n) is 9.94. The molecule has 1 amide bonds. The highest BCUT2D eigenvalue weighted by Crippen LogP contribution is 2.34. The summed E-state index contributed by atoms with van der Waals surface area (Å²) in [6.07, 6.45) is 6.12. The zero-order valence-electron chi connectivity index (χ0n) is 15.3. The Labute approximate surface area is 151 Å². The van der Waals surface area contributed by atoms with Crippen molar-refractivity contribution in [1.82, 2.24) is 9.80 Å². The first kappa shape index (κ1) is 17.0. The van der Waals surface area contributed by atoms with Crippen molar-refractivity contribution in [1.29, 1.82) is 0 Å². The van der Waals surface area contributed by atoms with E-state index in [4.69, 9.17) is 4.74 Å². The molecule has 3 fully saturated rings. The molecule has 0 N–H and O–H groups in total. The van der Waals surface area contributed by atoms with Gasteiger partial charge < -0.3 is 9.64 Å². The van der Waals surface area contributed by atoms with E-state index in [0.717, 1.165) is 32.4 Å². The highest BCUT2D eigenvalue weighted by molar-refractivity contribution is 5.79. The van der Waals surface area contributed by atoms with Crippen LogP contribution in [0, 0.1) is 0 Å². The number of ether oxygens (including phenoxy) is 1. The molecule has 3 aliphatic rings. The molecule has 1 aromatic rings. The van der Waals surface area contributed by atoms with Gasteiger partial charge in [-0.05, 0) is 38.3 Å². The molecule has 136 valence electrons. The molecular weight excluding hydrogens is 312 g/mol. The number of rotatable bonds is 3. The number of fused-ring (bicyclic) bond motifs is 1. The Hall–Kier alpha value is -1.39. The first-order valence-corrected chi connectivity index (χ1v) is 9.94. The van der Waals surface area contributed by atoms with Gasteiger partial charge in [0.15, 0.2) is 0 Å². The first-order chi connectivity index (χ1) is 12.2. The fraction of sp³-hybridized carbons (Fsp3) is 0.667. The van der Waals surface area contributed by atoms with E-state index in [1.807, 2.05) is 0 Å². The maximum absolute atomic E-state index is 13.0. The highest BCUT2D eigenvalue weighted by atomic mass is 16.5. The summed E-state index contributed by atoms with van der Waals surface area (Å²) in [5, 5.41) is 0. The summed E-state index contributed by atoms with van der Waals surface area (Å²) in [4.78, 5) is 17.5. The monoisotopic (exact) mass is 342 g/mol. The molecule has 2 heterocycles. The van der Waals surface area contributed by atoms with Crippen molar-refractivity contribution in [2.45, 2.75) is 63.1 Å². The minimum atomic E-state index is 0.277. The van der Waals surface area contributed by atoms with Gasteiger partial charge >= 0.3 is 0 Å². The van der Waals surface area contributed by atoms with E-state index in [1.54, 1.807) is 0 Å². The average molecular weight is 342 g/mol. The lowest BCUT2D eigenvalue weighted by Gasteiger charge is -2.44. The molecule has 2 saturated heterocycles. The molecule has 0 bridgehead atoms. The summed E-state index contributed by atoms with van der Waals surface area (Å²) in [5.74, 6) is 0.849. The lowest BCUT2D eigenvalue weighted by atomic mass is 9.90. The zero-order valence-corrected chi connectivity index (χ0v) is 15.3. The fourth-order valence-electron chi connectivity index (χ4n) is 5.04. The number of nitrogens with zero attached hydrogens (tertiary/aromatic N) is 2. The maximum atomic E-state index is 13.0. The molecule has 4 rings (SSSR count). The van der Waals surface area contributed by atoms with Crippen molar-refractivity contribution >= 4 is 5.91 Å². The Kier molecular flexibility index (Phi) is 5.09. The zero-order chi connectivity index (χ0) is 17.2. The standard InChI is InChI=1S/C21H30N2O2/c1-16-18(17-7-3-2-4-8-17)11-12-22(16)15-21(24)23-13-14-25-20-10-6-5-9-19(20)23/h2-4,7-8,16,18-20H,5-6,9-15H2,1H3/t16-,18-,19+,20-/m1/s1. The van der Waals surface area contributed by atoms with E-state index in [-0.39, 0.29) is 6.10 Å². The molecule has 4 atom stereocenters. The van der Waals surface area contributed by atoms with Crippen molar-refractivity contribution in [3.8, 4) is 0 Å². The fourth-order valence-corrected chi connectivity index (χ4v) is 5.04. The van der Waals surface area contributed by atoms with Gasteiger partial charge in [-0.15, -0.1) is 0 Å². The minimum absolute atomic E-state index is 0.277. The lowest BCUT2D eigenvalue weighted by molar-refractivity contribution is -0.150. The van der Waals surface area contributed by atoms with Crippen LogP contribution < -0.4 is 0 Å². The van der Waals surface area contributed by atoms with Crippen molar-refractivity contribution in [2.24, 2.45) is 0 Å². The Bertz CT molecular complexity index is 589. The second-order valence-electron chi connectivity index (χ2n) is 7.87. The van der Waals surface area contributed by atoms with Gasteiger partial charge in [-0.1, -0.05) is 43.2 Å². The van der Waals surface area contributed by atoms with E-state index in [9.17, 15) is 4.79 Å². The number of amides is 1. The van der Waals surface area contributed by atoms with Gasteiger partial charge in [-0.2, -0.15) is 0 Å². The Morgan fingerprint density at radius 2 is 1.92 bits per heavy atom. The summed E-state index contributed by atoms with van der Waals surface area (Å²) in [6.45, 7) is 5.33. The molecule has 2 aliphatic heterocycles. The van der Waals surface area contributed by atoms with Crippen LogP contribution in [0.1, 0.15) is 50.5 Å². The third kappa shape index (κ3) is 3.47. The largest absolute Gasteiger partial charge is 0.374 e. The molecule has 4 heteroatoms. The van der Waals surface area contributed by atoms with Crippen LogP contribution in [0.25, 0.3) is 0 Å². The van der Waals surface area contributed by atoms with Crippen molar-refractivity contribution in [3.63, 3.8) is 0 Å². The highest BCUT2D eigenvalue weighted by Gasteiger charge is 2.39. The Balaban J connectivity index is 1.39. The van der Waals surface area contributed by atoms with E-state index in [0.29, 0.717) is 37.1 Å². The number of benzene rings is 1. The van der Waals surface area contributed by atoms with Gasteiger partial charge in [-0.3, -0.25) is 9.69 Å². The second kappa shape index (κ2) is 7.46. The number of likely N-dealkylation sites (tertiary alicyclic amines) is 1. The number of carbonyl (C=O) groups is 1. The molecule has 1 aliphatic carbocycles. The third-order valence-corrected chi connectivity index (χ3v) is 6.50. The van der Waals surface area contributed by atoms with Crippen LogP contribution in [0.15, 0.2) is 30.3 Å². The number of hydrogen-bond acceptors (Lipinski definition) is 3. The van der Waals surface area contributed by atoms with Crippen LogP contribution in [-0.2, 0) is 9.53 Å². The molecule has 0 radical (unpaired) electrons. The average Bonchev–Trinajstić information content (AvgIpc) is 3.02. The van der Waals surface area contributed by atoms with Crippen molar-refractivity contribution in [3.05, 3.63) is 35.9 Å². The summed E-state index contributed by atoms with van der Waals surface area (Å²) in [7, 11) is 0. The molecule has 0 spiro atoms. The summed E-state index contributed by atoms with van der Waals surface area (Å²) >= 11 is 0. The van der Waals surface area contributed by atoms with Crippen LogP contribution in [0.2, 0.25) is 0 Å². The van der Waals surface area contributed by atoms with Gasteiger partial charge in [-0.25, -0.2) is 0 Å². The maximum Gasteiger partial charge on any atom is 0.237 e. The lowest BCUT2D eigenvalue weighted by Crippen LogP contribution is -2.57. The molecule has 1 saturated carbocycles. The molecule has 0 aromatic heterocycles. The van der Waals surface area contributed by atoms with Crippen LogP contribution in [0.3, 0.4) is 0 Å². The smallest absolute Gasteiger partial charge is 0.237 e. The molecular formula is C21H30N2O2. The number of carbonyl (C=O) groups excluding carboxylic acids is 1. The summed E-state index contributed by atoms with van der Waals surface area (Å²) < 4.78 is 5.92. The summed E-state index contributed by atoms with van der Waals surface area (Å²) in [5.41, 5.74) is 1.41. The van der Waals surface area contributed by atoms with E-state index < -0.39 is 0 Å². The predicted molar refractivity (Wildman–Crippen MR) is 98.5 cm³/mol. The van der Waals surface area contributed by atoms with Crippen LogP contribution in [0.5, 0.6) is 0 Å². The van der Waals surface area contributed by atoms with Gasteiger partial charge in [0.25, 0.3) is 0 Å². The quantitative estimate of drug-likeness (QED) is 0.846. The number of hydrogen-bond donors (Lipinski definition) is 0. The third-order valence-electron chi connectivity index (χ3n) is 6.50. The molecule has 1 aromatic carbocycles. The van der Waals surface area contributed by atoms with E-state index in [1.165, 1.54) is 18.4 Å². The van der Waals surface area contributed by atoms with Crippen LogP contribution >= 0.6 is 0 Å². The van der Waals surface area contributed by atoms with Crippen LogP contribution in [0.4, 0.5) is 0 Å². The normalized spacial score (nSPS) is 33.2. The SMILES string of the molecule is C[C@@H]1[C@H](c2ccccc2)CCN1CC(=O)N1CCO[C@@H]2CCCC[C@@H]21. The van der Waals surface area contributed by atoms with Crippen molar-refractivity contribution in [2.75, 3.05) is 26.2 Å². The van der Waals surface area contributed by atoms with E-state index >= 15 is 0 Å². The topological polar surface area (TPSA) is 32.8 Å². The minimum Gasteiger partial charge on any atom is -0.374 e. The van der Waals surface area contributed by atoms with Gasteiger partial charge in [0.2, 0.25) is 5.91 Å². The molecule has 0 unspecified atom stereocenters. The van der Waals surface area contributed by atoms with Crippen LogP contribution in [-0.4, -0.2) is 60.1 Å². The molecule has 4 nitrogen and oxygen atoms in total. The van der Waals surface area contributed by atoms with E-state index in [2.05, 4.69) is 47.1 Å². The Morgan fingerprint density at radius 3 is 2.76 bits per heavy atom.